The van der Waals surface area contributed by atoms with E-state index in [4.69, 9.17) is 5.11 Å². The van der Waals surface area contributed by atoms with Crippen LogP contribution in [0, 0.1) is 0 Å². The number of esters is 1. The zero-order valence-electron chi connectivity index (χ0n) is 9.84. The molecule has 0 aromatic heterocycles. The second-order valence-electron chi connectivity index (χ2n) is 3.51. The number of aromatic carboxylic acids is 1. The maximum absolute atomic E-state index is 11.6. The second-order valence-corrected chi connectivity index (χ2v) is 5.52. The first kappa shape index (κ1) is 14.2. The van der Waals surface area contributed by atoms with E-state index >= 15 is 0 Å². The van der Waals surface area contributed by atoms with Crippen LogP contribution in [-0.2, 0) is 14.6 Å². The van der Waals surface area contributed by atoms with Crippen LogP contribution in [-0.4, -0.2) is 38.3 Å². The van der Waals surface area contributed by atoms with Gasteiger partial charge in [0.25, 0.3) is 0 Å². The topological polar surface area (TPSA) is 97.7 Å². The maximum Gasteiger partial charge on any atom is 0.339 e. The van der Waals surface area contributed by atoms with Gasteiger partial charge in [-0.15, -0.1) is 0 Å². The van der Waals surface area contributed by atoms with Crippen molar-refractivity contribution >= 4 is 21.8 Å². The van der Waals surface area contributed by atoms with Gasteiger partial charge >= 0.3 is 11.9 Å². The van der Waals surface area contributed by atoms with Crippen molar-refractivity contribution in [3.63, 3.8) is 0 Å². The average molecular weight is 272 g/mol. The molecule has 0 amide bonds. The summed E-state index contributed by atoms with van der Waals surface area (Å²) < 4.78 is 27.4. The van der Waals surface area contributed by atoms with Crippen molar-refractivity contribution in [1.29, 1.82) is 0 Å². The minimum atomic E-state index is -3.52. The lowest BCUT2D eigenvalue weighted by Gasteiger charge is -2.07. The Morgan fingerprint density at radius 1 is 1.28 bits per heavy atom. The van der Waals surface area contributed by atoms with Crippen LogP contribution in [0.4, 0.5) is 0 Å². The summed E-state index contributed by atoms with van der Waals surface area (Å²) in [6.45, 7) is 1.64. The van der Waals surface area contributed by atoms with Crippen LogP contribution in [0.3, 0.4) is 0 Å². The van der Waals surface area contributed by atoms with Crippen LogP contribution >= 0.6 is 0 Å². The van der Waals surface area contributed by atoms with E-state index in [-0.39, 0.29) is 22.6 Å². The van der Waals surface area contributed by atoms with Gasteiger partial charge in [0.05, 0.1) is 22.6 Å². The zero-order valence-corrected chi connectivity index (χ0v) is 10.7. The zero-order chi connectivity index (χ0) is 13.9. The van der Waals surface area contributed by atoms with Gasteiger partial charge in [-0.2, -0.15) is 0 Å². The third-order valence-corrected chi connectivity index (χ3v) is 3.26. The Morgan fingerprint density at radius 3 is 2.33 bits per heavy atom. The molecular formula is C11H12O6S. The van der Waals surface area contributed by atoms with Crippen LogP contribution in [0.5, 0.6) is 0 Å². The van der Waals surface area contributed by atoms with E-state index in [0.29, 0.717) is 0 Å². The number of carboxylic acid groups (broad SMARTS) is 1. The van der Waals surface area contributed by atoms with Gasteiger partial charge in [-0.25, -0.2) is 18.0 Å². The Kier molecular flexibility index (Phi) is 4.07. The molecule has 18 heavy (non-hydrogen) atoms. The Balaban J connectivity index is 3.42. The van der Waals surface area contributed by atoms with Crippen molar-refractivity contribution in [2.75, 3.05) is 12.9 Å². The highest BCUT2D eigenvalue weighted by atomic mass is 32.2. The number of carboxylic acids is 1. The fourth-order valence-corrected chi connectivity index (χ4v) is 1.97. The Bertz CT molecular complexity index is 588. The van der Waals surface area contributed by atoms with Gasteiger partial charge in [-0.05, 0) is 25.1 Å². The third-order valence-electron chi connectivity index (χ3n) is 2.14. The molecule has 1 rings (SSSR count). The number of carbonyl (C=O) groups is 2. The van der Waals surface area contributed by atoms with Gasteiger partial charge in [0.1, 0.15) is 0 Å². The molecule has 1 aromatic rings. The molecule has 0 saturated carbocycles. The number of hydrogen-bond acceptors (Lipinski definition) is 5. The quantitative estimate of drug-likeness (QED) is 0.820. The number of sulfone groups is 1. The van der Waals surface area contributed by atoms with E-state index in [0.717, 1.165) is 24.5 Å². The van der Waals surface area contributed by atoms with Crippen molar-refractivity contribution in [2.24, 2.45) is 0 Å². The van der Waals surface area contributed by atoms with Gasteiger partial charge in [0, 0.05) is 6.26 Å². The smallest absolute Gasteiger partial charge is 0.339 e. The summed E-state index contributed by atoms with van der Waals surface area (Å²) in [4.78, 5) is 22.4. The Labute approximate surface area is 104 Å². The molecule has 0 radical (unpaired) electrons. The highest BCUT2D eigenvalue weighted by Gasteiger charge is 2.20. The fraction of sp³-hybridized carbons (Fsp3) is 0.273. The van der Waals surface area contributed by atoms with Crippen molar-refractivity contribution < 1.29 is 27.9 Å². The first-order valence-corrected chi connectivity index (χ1v) is 6.91. The highest BCUT2D eigenvalue weighted by molar-refractivity contribution is 7.90. The molecule has 1 aromatic carbocycles. The summed E-state index contributed by atoms with van der Waals surface area (Å²) in [5.41, 5.74) is -0.562. The molecule has 0 bridgehead atoms. The van der Waals surface area contributed by atoms with Crippen molar-refractivity contribution in [1.82, 2.24) is 0 Å². The second kappa shape index (κ2) is 5.18. The Morgan fingerprint density at radius 2 is 1.89 bits per heavy atom. The molecule has 0 aliphatic carbocycles. The van der Waals surface area contributed by atoms with Crippen molar-refractivity contribution in [2.45, 2.75) is 11.8 Å². The molecule has 0 atom stereocenters. The average Bonchev–Trinajstić information content (AvgIpc) is 2.27. The van der Waals surface area contributed by atoms with Gasteiger partial charge < -0.3 is 9.84 Å². The lowest BCUT2D eigenvalue weighted by Crippen LogP contribution is -2.13. The molecule has 0 fully saturated rings. The van der Waals surface area contributed by atoms with Gasteiger partial charge in [0.15, 0.2) is 9.84 Å². The summed E-state index contributed by atoms with van der Waals surface area (Å²) in [5, 5.41) is 8.92. The lowest BCUT2D eigenvalue weighted by atomic mass is 10.1. The molecular weight excluding hydrogens is 260 g/mol. The molecule has 0 unspecified atom stereocenters. The number of rotatable bonds is 4. The van der Waals surface area contributed by atoms with Gasteiger partial charge in [0.2, 0.25) is 0 Å². The summed E-state index contributed by atoms with van der Waals surface area (Å²) >= 11 is 0. The number of ether oxygens (including phenoxy) is 1. The third kappa shape index (κ3) is 3.07. The standard InChI is InChI=1S/C11H12O6S/c1-3-17-11(14)9-6-7(18(2,15)16)4-5-8(9)10(12)13/h4-6H,3H2,1-2H3,(H,12,13). The highest BCUT2D eigenvalue weighted by Crippen LogP contribution is 2.17. The summed E-state index contributed by atoms with van der Waals surface area (Å²) in [5.74, 6) is -2.18. The normalized spacial score (nSPS) is 11.0. The van der Waals surface area contributed by atoms with E-state index in [9.17, 15) is 18.0 Å². The van der Waals surface area contributed by atoms with E-state index in [2.05, 4.69) is 4.74 Å². The van der Waals surface area contributed by atoms with Crippen LogP contribution < -0.4 is 0 Å². The predicted octanol–water partition coefficient (Wildman–Crippen LogP) is 0.965. The molecule has 7 heteroatoms. The summed E-state index contributed by atoms with van der Waals surface area (Å²) in [7, 11) is -3.52. The van der Waals surface area contributed by atoms with Crippen molar-refractivity contribution in [3.8, 4) is 0 Å². The van der Waals surface area contributed by atoms with E-state index in [1.807, 2.05) is 0 Å². The molecule has 0 aliphatic rings. The fourth-order valence-electron chi connectivity index (χ4n) is 1.32. The predicted molar refractivity (Wildman–Crippen MR) is 62.5 cm³/mol. The molecule has 0 saturated heterocycles. The van der Waals surface area contributed by atoms with Crippen LogP contribution in [0.15, 0.2) is 23.1 Å². The van der Waals surface area contributed by atoms with Crippen LogP contribution in [0.1, 0.15) is 27.6 Å². The molecule has 1 N–H and O–H groups in total. The molecule has 0 aliphatic heterocycles. The van der Waals surface area contributed by atoms with E-state index in [1.54, 1.807) is 6.92 Å². The number of carbonyl (C=O) groups excluding carboxylic acids is 1. The number of benzene rings is 1. The monoisotopic (exact) mass is 272 g/mol. The SMILES string of the molecule is CCOC(=O)c1cc(S(C)(=O)=O)ccc1C(=O)O. The minimum absolute atomic E-state index is 0.0704. The largest absolute Gasteiger partial charge is 0.478 e. The van der Waals surface area contributed by atoms with E-state index in [1.165, 1.54) is 0 Å². The first-order valence-electron chi connectivity index (χ1n) is 5.02. The first-order chi connectivity index (χ1) is 8.27. The minimum Gasteiger partial charge on any atom is -0.478 e. The van der Waals surface area contributed by atoms with Gasteiger partial charge in [-0.1, -0.05) is 0 Å². The summed E-state index contributed by atoms with van der Waals surface area (Å²) in [6, 6.07) is 3.23. The van der Waals surface area contributed by atoms with Gasteiger partial charge in [-0.3, -0.25) is 0 Å². The molecule has 0 heterocycles. The molecule has 0 spiro atoms. The maximum atomic E-state index is 11.6. The van der Waals surface area contributed by atoms with E-state index < -0.39 is 21.8 Å². The molecule has 6 nitrogen and oxygen atoms in total. The molecule has 98 valence electrons. The van der Waals surface area contributed by atoms with Crippen molar-refractivity contribution in [3.05, 3.63) is 29.3 Å². The number of hydrogen-bond donors (Lipinski definition) is 1. The van der Waals surface area contributed by atoms with Crippen LogP contribution in [0.25, 0.3) is 0 Å². The summed E-state index contributed by atoms with van der Waals surface area (Å²) in [6.07, 6.45) is 0.970. The Hall–Kier alpha value is -1.89. The van der Waals surface area contributed by atoms with Crippen LogP contribution in [0.2, 0.25) is 0 Å². The lowest BCUT2D eigenvalue weighted by molar-refractivity contribution is 0.0514.